The molecule has 1 fully saturated rings. The van der Waals surface area contributed by atoms with Crippen LogP contribution in [0, 0.1) is 0 Å². The van der Waals surface area contributed by atoms with Crippen LogP contribution in [0.15, 0.2) is 28.0 Å². The van der Waals surface area contributed by atoms with Crippen LogP contribution in [-0.4, -0.2) is 49.7 Å². The van der Waals surface area contributed by atoms with Crippen LogP contribution >= 0.6 is 11.8 Å². The molecule has 2 amide bonds. The van der Waals surface area contributed by atoms with E-state index < -0.39 is 9.84 Å². The van der Waals surface area contributed by atoms with Crippen LogP contribution in [0.4, 0.5) is 5.69 Å². The summed E-state index contributed by atoms with van der Waals surface area (Å²) in [4.78, 5) is 26.9. The fourth-order valence-electron chi connectivity index (χ4n) is 3.21. The Morgan fingerprint density at radius 3 is 2.62 bits per heavy atom. The molecule has 1 N–H and O–H groups in total. The van der Waals surface area contributed by atoms with Gasteiger partial charge in [0.15, 0.2) is 9.84 Å². The second-order valence-electron chi connectivity index (χ2n) is 6.67. The van der Waals surface area contributed by atoms with Crippen LogP contribution in [0.3, 0.4) is 0 Å². The van der Waals surface area contributed by atoms with Gasteiger partial charge in [-0.2, -0.15) is 0 Å². The molecule has 3 rings (SSSR count). The van der Waals surface area contributed by atoms with Crippen LogP contribution in [-0.2, 0) is 19.4 Å². The number of amides is 2. The first-order chi connectivity index (χ1) is 12.5. The van der Waals surface area contributed by atoms with E-state index in [-0.39, 0.29) is 28.9 Å². The Kier molecular flexibility index (Phi) is 6.24. The van der Waals surface area contributed by atoms with E-state index in [0.717, 1.165) is 43.7 Å². The molecule has 0 saturated carbocycles. The molecule has 0 radical (unpaired) electrons. The molecule has 0 atom stereocenters. The predicted octanol–water partition coefficient (Wildman–Crippen LogP) is 2.69. The number of rotatable bonds is 4. The quantitative estimate of drug-likeness (QED) is 0.846. The fraction of sp³-hybridized carbons (Fsp3) is 0.556. The lowest BCUT2D eigenvalue weighted by Crippen LogP contribution is -2.33. The molecule has 0 bridgehead atoms. The maximum absolute atomic E-state index is 12.7. The molecule has 0 spiro atoms. The monoisotopic (exact) mass is 396 g/mol. The summed E-state index contributed by atoms with van der Waals surface area (Å²) < 4.78 is 25.3. The molecule has 0 aromatic heterocycles. The fourth-order valence-corrected chi connectivity index (χ4v) is 5.40. The number of thioether (sulfide) groups is 1. The summed E-state index contributed by atoms with van der Waals surface area (Å²) in [5.41, 5.74) is 0.539. The van der Waals surface area contributed by atoms with Gasteiger partial charge in [0.1, 0.15) is 0 Å². The van der Waals surface area contributed by atoms with Gasteiger partial charge in [0.2, 0.25) is 11.8 Å². The maximum atomic E-state index is 12.7. The molecule has 2 aliphatic rings. The Labute approximate surface area is 158 Å². The van der Waals surface area contributed by atoms with Crippen molar-refractivity contribution in [1.29, 1.82) is 0 Å². The largest absolute Gasteiger partial charge is 0.343 e. The van der Waals surface area contributed by atoms with Gasteiger partial charge in [-0.05, 0) is 31.0 Å². The molecule has 26 heavy (non-hydrogen) atoms. The number of carbonyl (C=O) groups is 2. The topological polar surface area (TPSA) is 83.5 Å². The van der Waals surface area contributed by atoms with Gasteiger partial charge in [0.05, 0.1) is 16.3 Å². The number of likely N-dealkylation sites (tertiary alicyclic amines) is 1. The average Bonchev–Trinajstić information content (AvgIpc) is 2.99. The van der Waals surface area contributed by atoms with Crippen LogP contribution in [0.2, 0.25) is 0 Å². The number of hydrogen-bond donors (Lipinski definition) is 1. The van der Waals surface area contributed by atoms with Gasteiger partial charge in [0, 0.05) is 36.6 Å². The van der Waals surface area contributed by atoms with Crippen molar-refractivity contribution >= 4 is 39.1 Å². The molecule has 6 nitrogen and oxygen atoms in total. The van der Waals surface area contributed by atoms with Crippen LogP contribution in [0.1, 0.15) is 38.5 Å². The Morgan fingerprint density at radius 2 is 1.88 bits per heavy atom. The van der Waals surface area contributed by atoms with Gasteiger partial charge < -0.3 is 10.2 Å². The number of nitrogens with zero attached hydrogens (tertiary/aromatic N) is 1. The normalized spacial score (nSPS) is 18.5. The zero-order valence-corrected chi connectivity index (χ0v) is 16.3. The minimum absolute atomic E-state index is 0.000523. The Morgan fingerprint density at radius 1 is 1.15 bits per heavy atom. The lowest BCUT2D eigenvalue weighted by molar-refractivity contribution is -0.130. The molecular formula is C18H24N2O4S2. The molecule has 8 heteroatoms. The summed E-state index contributed by atoms with van der Waals surface area (Å²) in [7, 11) is -3.57. The molecule has 0 unspecified atom stereocenters. The Hall–Kier alpha value is -1.54. The van der Waals surface area contributed by atoms with Crippen molar-refractivity contribution < 1.29 is 18.0 Å². The third-order valence-corrected chi connectivity index (χ3v) is 7.50. The first-order valence-electron chi connectivity index (χ1n) is 9.03. The average molecular weight is 397 g/mol. The molecule has 2 aliphatic heterocycles. The Bertz CT molecular complexity index is 784. The zero-order chi connectivity index (χ0) is 18.6. The summed E-state index contributed by atoms with van der Waals surface area (Å²) in [6.07, 6.45) is 4.63. The predicted molar refractivity (Wildman–Crippen MR) is 102 cm³/mol. The number of fused-ring (bicyclic) bond motifs is 1. The van der Waals surface area contributed by atoms with E-state index in [9.17, 15) is 18.0 Å². The minimum Gasteiger partial charge on any atom is -0.343 e. The van der Waals surface area contributed by atoms with E-state index in [2.05, 4.69) is 5.32 Å². The van der Waals surface area contributed by atoms with Crippen molar-refractivity contribution in [2.45, 2.75) is 48.3 Å². The van der Waals surface area contributed by atoms with E-state index in [1.807, 2.05) is 0 Å². The smallest absolute Gasteiger partial charge is 0.225 e. The van der Waals surface area contributed by atoms with Gasteiger partial charge in [-0.15, -0.1) is 11.8 Å². The molecular weight excluding hydrogens is 372 g/mol. The number of benzene rings is 1. The molecule has 0 aliphatic carbocycles. The van der Waals surface area contributed by atoms with Crippen molar-refractivity contribution in [3.05, 3.63) is 18.2 Å². The van der Waals surface area contributed by atoms with Crippen LogP contribution in [0.5, 0.6) is 0 Å². The van der Waals surface area contributed by atoms with Crippen molar-refractivity contribution in [3.63, 3.8) is 0 Å². The van der Waals surface area contributed by atoms with Gasteiger partial charge in [-0.3, -0.25) is 9.59 Å². The molecule has 2 heterocycles. The van der Waals surface area contributed by atoms with Gasteiger partial charge in [-0.1, -0.05) is 12.8 Å². The highest BCUT2D eigenvalue weighted by Crippen LogP contribution is 2.33. The summed E-state index contributed by atoms with van der Waals surface area (Å²) in [5, 5.41) is 2.76. The third kappa shape index (κ3) is 4.79. The summed E-state index contributed by atoms with van der Waals surface area (Å²) in [5.74, 6) is 0.272. The van der Waals surface area contributed by atoms with E-state index in [1.54, 1.807) is 17.0 Å². The number of nitrogens with one attached hydrogen (secondary N) is 1. The van der Waals surface area contributed by atoms with E-state index in [0.29, 0.717) is 17.9 Å². The lowest BCUT2D eigenvalue weighted by atomic mass is 10.2. The molecule has 142 valence electrons. The summed E-state index contributed by atoms with van der Waals surface area (Å²) >= 11 is 1.53. The van der Waals surface area contributed by atoms with Crippen molar-refractivity contribution in [2.24, 2.45) is 0 Å². The van der Waals surface area contributed by atoms with Crippen molar-refractivity contribution in [3.8, 4) is 0 Å². The molecule has 1 saturated heterocycles. The highest BCUT2D eigenvalue weighted by atomic mass is 32.2. The number of sulfone groups is 1. The van der Waals surface area contributed by atoms with Crippen molar-refractivity contribution in [2.75, 3.05) is 29.9 Å². The van der Waals surface area contributed by atoms with Crippen LogP contribution in [0.25, 0.3) is 0 Å². The first kappa shape index (κ1) is 19.2. The number of hydrogen-bond acceptors (Lipinski definition) is 5. The van der Waals surface area contributed by atoms with Crippen molar-refractivity contribution in [1.82, 2.24) is 4.90 Å². The van der Waals surface area contributed by atoms with Gasteiger partial charge in [-0.25, -0.2) is 8.42 Å². The first-order valence-corrected chi connectivity index (χ1v) is 11.7. The van der Waals surface area contributed by atoms with E-state index in [4.69, 9.17) is 0 Å². The minimum atomic E-state index is -3.57. The zero-order valence-electron chi connectivity index (χ0n) is 14.7. The second-order valence-corrected chi connectivity index (χ2v) is 9.91. The summed E-state index contributed by atoms with van der Waals surface area (Å²) in [6, 6.07) is 4.81. The lowest BCUT2D eigenvalue weighted by Gasteiger charge is -2.20. The summed E-state index contributed by atoms with van der Waals surface area (Å²) in [6.45, 7) is 1.45. The highest BCUT2D eigenvalue weighted by Gasteiger charge is 2.22. The van der Waals surface area contributed by atoms with E-state index in [1.165, 1.54) is 17.8 Å². The maximum Gasteiger partial charge on any atom is 0.225 e. The third-order valence-electron chi connectivity index (χ3n) is 4.71. The highest BCUT2D eigenvalue weighted by molar-refractivity contribution is 7.99. The number of anilines is 1. The Balaban J connectivity index is 1.68. The van der Waals surface area contributed by atoms with Gasteiger partial charge in [0.25, 0.3) is 0 Å². The standard InChI is InChI=1S/C18H24N2O4S2/c21-17-7-11-25-16-6-5-14(13-15(16)19-17)26(23,24)12-8-18(22)20-9-3-1-2-4-10-20/h5-6,13H,1-4,7-12H2,(H,19,21). The van der Waals surface area contributed by atoms with Gasteiger partial charge >= 0.3 is 0 Å². The van der Waals surface area contributed by atoms with Crippen LogP contribution < -0.4 is 5.32 Å². The number of carbonyl (C=O) groups excluding carboxylic acids is 2. The van der Waals surface area contributed by atoms with E-state index >= 15 is 0 Å². The second kappa shape index (κ2) is 8.43. The SMILES string of the molecule is O=C1CCSc2ccc(S(=O)(=O)CCC(=O)N3CCCCCC3)cc2N1. The molecule has 1 aromatic carbocycles. The molecule has 1 aromatic rings.